The van der Waals surface area contributed by atoms with Crippen LogP contribution in [-0.4, -0.2) is 21.4 Å². The van der Waals surface area contributed by atoms with Gasteiger partial charge in [-0.3, -0.25) is 5.10 Å². The number of aromatic amines is 1. The van der Waals surface area contributed by atoms with Gasteiger partial charge in [-0.25, -0.2) is 0 Å². The second kappa shape index (κ2) is 3.89. The number of aliphatic hydroxyl groups is 1. The number of benzene rings is 1. The van der Waals surface area contributed by atoms with E-state index in [1.54, 1.807) is 12.4 Å². The molecule has 4 heteroatoms. The maximum atomic E-state index is 10.2. The molecule has 0 fully saturated rings. The van der Waals surface area contributed by atoms with Crippen LogP contribution in [0.4, 0.5) is 0 Å². The fraction of sp³-hybridized carbons (Fsp3) is 0.308. The molecule has 1 aliphatic heterocycles. The van der Waals surface area contributed by atoms with Gasteiger partial charge in [-0.2, -0.15) is 5.10 Å². The number of H-pyrrole nitrogens is 1. The van der Waals surface area contributed by atoms with Crippen molar-refractivity contribution in [1.82, 2.24) is 10.2 Å². The monoisotopic (exact) mass is 230 g/mol. The van der Waals surface area contributed by atoms with Crippen molar-refractivity contribution < 1.29 is 9.84 Å². The van der Waals surface area contributed by atoms with E-state index in [1.165, 1.54) is 0 Å². The number of fused-ring (bicyclic) bond motifs is 1. The molecule has 0 radical (unpaired) electrons. The summed E-state index contributed by atoms with van der Waals surface area (Å²) < 4.78 is 5.63. The number of rotatable bonds is 2. The molecular formula is C13H14N2O2. The minimum Gasteiger partial charge on any atom is -0.490 e. The SMILES string of the molecule is CC1Cc2cc(C(O)c3cn[nH]c3)ccc2O1. The Morgan fingerprint density at radius 3 is 3.12 bits per heavy atom. The van der Waals surface area contributed by atoms with Crippen molar-refractivity contribution in [1.29, 1.82) is 0 Å². The number of nitrogens with one attached hydrogen (secondary N) is 1. The van der Waals surface area contributed by atoms with Crippen LogP contribution in [0.15, 0.2) is 30.6 Å². The molecular weight excluding hydrogens is 216 g/mol. The lowest BCUT2D eigenvalue weighted by Gasteiger charge is -2.09. The summed E-state index contributed by atoms with van der Waals surface area (Å²) >= 11 is 0. The molecule has 0 saturated heterocycles. The summed E-state index contributed by atoms with van der Waals surface area (Å²) in [5, 5.41) is 16.7. The van der Waals surface area contributed by atoms with Gasteiger partial charge in [0.1, 0.15) is 18.0 Å². The van der Waals surface area contributed by atoms with Gasteiger partial charge in [-0.05, 0) is 30.2 Å². The third kappa shape index (κ3) is 1.80. The molecule has 2 atom stereocenters. The van der Waals surface area contributed by atoms with Crippen LogP contribution >= 0.6 is 0 Å². The topological polar surface area (TPSA) is 58.1 Å². The van der Waals surface area contributed by atoms with Crippen LogP contribution in [-0.2, 0) is 6.42 Å². The highest BCUT2D eigenvalue weighted by Crippen LogP contribution is 2.32. The van der Waals surface area contributed by atoms with E-state index in [0.717, 1.165) is 28.9 Å². The summed E-state index contributed by atoms with van der Waals surface area (Å²) in [5.74, 6) is 0.931. The van der Waals surface area contributed by atoms with E-state index in [4.69, 9.17) is 4.74 Å². The van der Waals surface area contributed by atoms with Crippen LogP contribution in [0.1, 0.15) is 29.7 Å². The van der Waals surface area contributed by atoms with E-state index < -0.39 is 6.10 Å². The van der Waals surface area contributed by atoms with Gasteiger partial charge in [-0.1, -0.05) is 6.07 Å². The maximum Gasteiger partial charge on any atom is 0.123 e. The quantitative estimate of drug-likeness (QED) is 0.827. The average molecular weight is 230 g/mol. The predicted octanol–water partition coefficient (Wildman–Crippen LogP) is 1.81. The van der Waals surface area contributed by atoms with Crippen molar-refractivity contribution in [2.75, 3.05) is 0 Å². The number of nitrogens with zero attached hydrogens (tertiary/aromatic N) is 1. The summed E-state index contributed by atoms with van der Waals surface area (Å²) in [6.07, 6.45) is 3.84. The molecule has 1 aliphatic rings. The van der Waals surface area contributed by atoms with Crippen molar-refractivity contribution >= 4 is 0 Å². The zero-order chi connectivity index (χ0) is 11.8. The van der Waals surface area contributed by atoms with E-state index in [9.17, 15) is 5.11 Å². The normalized spacial score (nSPS) is 19.8. The molecule has 3 rings (SSSR count). The molecule has 2 N–H and O–H groups in total. The molecule has 88 valence electrons. The summed E-state index contributed by atoms with van der Waals surface area (Å²) in [6, 6.07) is 5.84. The van der Waals surface area contributed by atoms with E-state index in [2.05, 4.69) is 10.2 Å². The summed E-state index contributed by atoms with van der Waals surface area (Å²) in [6.45, 7) is 2.05. The molecule has 2 aromatic rings. The minimum atomic E-state index is -0.630. The Bertz CT molecular complexity index is 522. The largest absolute Gasteiger partial charge is 0.490 e. The fourth-order valence-corrected chi connectivity index (χ4v) is 2.21. The van der Waals surface area contributed by atoms with E-state index in [-0.39, 0.29) is 6.10 Å². The zero-order valence-corrected chi connectivity index (χ0v) is 9.55. The Hall–Kier alpha value is -1.81. The van der Waals surface area contributed by atoms with Crippen LogP contribution in [0.2, 0.25) is 0 Å². The van der Waals surface area contributed by atoms with Crippen LogP contribution in [0.3, 0.4) is 0 Å². The second-order valence-electron chi connectivity index (χ2n) is 4.43. The lowest BCUT2D eigenvalue weighted by atomic mass is 10.0. The molecule has 2 heterocycles. The summed E-state index contributed by atoms with van der Waals surface area (Å²) in [7, 11) is 0. The minimum absolute atomic E-state index is 0.228. The van der Waals surface area contributed by atoms with E-state index in [0.29, 0.717) is 0 Å². The van der Waals surface area contributed by atoms with Crippen LogP contribution in [0.25, 0.3) is 0 Å². The number of ether oxygens (including phenoxy) is 1. The first kappa shape index (κ1) is 10.4. The Labute approximate surface area is 99.2 Å². The molecule has 17 heavy (non-hydrogen) atoms. The van der Waals surface area contributed by atoms with Gasteiger partial charge in [0.25, 0.3) is 0 Å². The number of hydrogen-bond donors (Lipinski definition) is 2. The first-order valence-corrected chi connectivity index (χ1v) is 5.70. The maximum absolute atomic E-state index is 10.2. The number of aromatic nitrogens is 2. The van der Waals surface area contributed by atoms with Gasteiger partial charge in [-0.15, -0.1) is 0 Å². The van der Waals surface area contributed by atoms with Crippen molar-refractivity contribution in [3.05, 3.63) is 47.3 Å². The molecule has 1 aromatic carbocycles. The van der Waals surface area contributed by atoms with Gasteiger partial charge in [0.15, 0.2) is 0 Å². The van der Waals surface area contributed by atoms with Gasteiger partial charge >= 0.3 is 0 Å². The first-order chi connectivity index (χ1) is 8.24. The number of hydrogen-bond acceptors (Lipinski definition) is 3. The van der Waals surface area contributed by atoms with Crippen molar-refractivity contribution in [3.8, 4) is 5.75 Å². The molecule has 0 spiro atoms. The van der Waals surface area contributed by atoms with E-state index >= 15 is 0 Å². The Morgan fingerprint density at radius 2 is 2.35 bits per heavy atom. The van der Waals surface area contributed by atoms with Crippen LogP contribution in [0.5, 0.6) is 5.75 Å². The average Bonchev–Trinajstić information content (AvgIpc) is 2.94. The number of aliphatic hydroxyl groups excluding tert-OH is 1. The third-order valence-corrected chi connectivity index (χ3v) is 3.07. The smallest absolute Gasteiger partial charge is 0.123 e. The Kier molecular flexibility index (Phi) is 2.37. The molecule has 1 aromatic heterocycles. The lowest BCUT2D eigenvalue weighted by molar-refractivity contribution is 0.220. The molecule has 0 amide bonds. The lowest BCUT2D eigenvalue weighted by Crippen LogP contribution is -2.05. The van der Waals surface area contributed by atoms with Crippen molar-refractivity contribution in [3.63, 3.8) is 0 Å². The van der Waals surface area contributed by atoms with Crippen LogP contribution in [0, 0.1) is 0 Å². The van der Waals surface area contributed by atoms with Crippen molar-refractivity contribution in [2.45, 2.75) is 25.6 Å². The van der Waals surface area contributed by atoms with Gasteiger partial charge in [0, 0.05) is 18.2 Å². The molecule has 0 aliphatic carbocycles. The second-order valence-corrected chi connectivity index (χ2v) is 4.43. The predicted molar refractivity (Wildman–Crippen MR) is 62.9 cm³/mol. The van der Waals surface area contributed by atoms with Gasteiger partial charge < -0.3 is 9.84 Å². The zero-order valence-electron chi connectivity index (χ0n) is 9.55. The Morgan fingerprint density at radius 1 is 1.47 bits per heavy atom. The highest BCUT2D eigenvalue weighted by molar-refractivity contribution is 5.42. The third-order valence-electron chi connectivity index (χ3n) is 3.07. The summed E-state index contributed by atoms with van der Waals surface area (Å²) in [5.41, 5.74) is 2.82. The van der Waals surface area contributed by atoms with Crippen LogP contribution < -0.4 is 4.74 Å². The fourth-order valence-electron chi connectivity index (χ4n) is 2.21. The van der Waals surface area contributed by atoms with Gasteiger partial charge in [0.2, 0.25) is 0 Å². The Balaban J connectivity index is 1.93. The highest BCUT2D eigenvalue weighted by atomic mass is 16.5. The molecule has 0 bridgehead atoms. The standard InChI is InChI=1S/C13H14N2O2/c1-8-4-10-5-9(2-3-12(10)17-8)13(16)11-6-14-15-7-11/h2-3,5-8,13,16H,4H2,1H3,(H,14,15). The molecule has 0 saturated carbocycles. The molecule has 2 unspecified atom stereocenters. The molecule has 4 nitrogen and oxygen atoms in total. The summed E-state index contributed by atoms with van der Waals surface area (Å²) in [4.78, 5) is 0. The highest BCUT2D eigenvalue weighted by Gasteiger charge is 2.21. The first-order valence-electron chi connectivity index (χ1n) is 5.70. The van der Waals surface area contributed by atoms with Crippen molar-refractivity contribution in [2.24, 2.45) is 0 Å². The van der Waals surface area contributed by atoms with Gasteiger partial charge in [0.05, 0.1) is 6.20 Å². The van der Waals surface area contributed by atoms with E-state index in [1.807, 2.05) is 25.1 Å².